The van der Waals surface area contributed by atoms with Crippen molar-refractivity contribution in [3.63, 3.8) is 0 Å². The topological polar surface area (TPSA) is 84.9 Å². The summed E-state index contributed by atoms with van der Waals surface area (Å²) >= 11 is 12.1. The number of sulfonamides is 1. The zero-order valence-corrected chi connectivity index (χ0v) is 21.4. The van der Waals surface area contributed by atoms with E-state index in [4.69, 9.17) is 32.7 Å². The van der Waals surface area contributed by atoms with Crippen LogP contribution in [0.3, 0.4) is 0 Å². The Kier molecular flexibility index (Phi) is 7.97. The van der Waals surface area contributed by atoms with Crippen LogP contribution in [0.1, 0.15) is 11.1 Å². The number of hydrogen-bond acceptors (Lipinski definition) is 5. The molecule has 3 aromatic carbocycles. The first kappa shape index (κ1) is 25.7. The second-order valence-corrected chi connectivity index (χ2v) is 10.2. The van der Waals surface area contributed by atoms with Gasteiger partial charge in [0.05, 0.1) is 35.5 Å². The Morgan fingerprint density at radius 1 is 0.912 bits per heavy atom. The molecule has 7 nitrogen and oxygen atoms in total. The number of hydrogen-bond donors (Lipinski definition) is 1. The molecule has 1 amide bonds. The summed E-state index contributed by atoms with van der Waals surface area (Å²) in [5.41, 5.74) is 2.53. The van der Waals surface area contributed by atoms with Crippen molar-refractivity contribution in [1.82, 2.24) is 0 Å². The van der Waals surface area contributed by atoms with Crippen LogP contribution >= 0.6 is 23.2 Å². The van der Waals surface area contributed by atoms with E-state index in [2.05, 4.69) is 5.32 Å². The quantitative estimate of drug-likeness (QED) is 0.424. The molecule has 0 atom stereocenters. The van der Waals surface area contributed by atoms with Gasteiger partial charge in [-0.3, -0.25) is 9.10 Å². The lowest BCUT2D eigenvalue weighted by Crippen LogP contribution is -2.38. The van der Waals surface area contributed by atoms with Crippen LogP contribution in [-0.4, -0.2) is 35.1 Å². The lowest BCUT2D eigenvalue weighted by Gasteiger charge is -2.25. The van der Waals surface area contributed by atoms with Crippen LogP contribution in [0.25, 0.3) is 0 Å². The van der Waals surface area contributed by atoms with Crippen molar-refractivity contribution in [3.05, 3.63) is 75.8 Å². The highest BCUT2D eigenvalue weighted by Crippen LogP contribution is 2.36. The standard InChI is InChI=1S/C24H24Cl2N2O5S/c1-15-5-8-18(11-16(15)2)28(34(30,31)19-9-6-17(25)7-10-19)14-24(29)27-21-13-22(32-3)20(26)12-23(21)33-4/h5-13H,14H2,1-4H3,(H,27,29). The van der Waals surface area contributed by atoms with Crippen LogP contribution in [0.4, 0.5) is 11.4 Å². The summed E-state index contributed by atoms with van der Waals surface area (Å²) in [6.45, 7) is 3.31. The minimum absolute atomic E-state index is 0.00803. The van der Waals surface area contributed by atoms with Gasteiger partial charge in [0, 0.05) is 17.2 Å². The van der Waals surface area contributed by atoms with E-state index in [1.165, 1.54) is 50.6 Å². The zero-order valence-electron chi connectivity index (χ0n) is 19.1. The average Bonchev–Trinajstić information content (AvgIpc) is 2.80. The molecular weight excluding hydrogens is 499 g/mol. The Morgan fingerprint density at radius 2 is 1.56 bits per heavy atom. The second kappa shape index (κ2) is 10.5. The summed E-state index contributed by atoms with van der Waals surface area (Å²) in [5.74, 6) is 0.0495. The van der Waals surface area contributed by atoms with Gasteiger partial charge in [-0.05, 0) is 61.4 Å². The Bertz CT molecular complexity index is 1310. The van der Waals surface area contributed by atoms with E-state index < -0.39 is 22.5 Å². The summed E-state index contributed by atoms with van der Waals surface area (Å²) in [5, 5.41) is 3.40. The maximum atomic E-state index is 13.5. The zero-order chi connectivity index (χ0) is 25.0. The molecule has 180 valence electrons. The van der Waals surface area contributed by atoms with Gasteiger partial charge in [-0.1, -0.05) is 29.3 Å². The van der Waals surface area contributed by atoms with Crippen LogP contribution in [0, 0.1) is 13.8 Å². The summed E-state index contributed by atoms with van der Waals surface area (Å²) in [6.07, 6.45) is 0. The molecule has 0 unspecified atom stereocenters. The fraction of sp³-hybridized carbons (Fsp3) is 0.208. The van der Waals surface area contributed by atoms with Crippen LogP contribution in [0.15, 0.2) is 59.5 Å². The Morgan fingerprint density at radius 3 is 2.15 bits per heavy atom. The van der Waals surface area contributed by atoms with E-state index in [9.17, 15) is 13.2 Å². The highest BCUT2D eigenvalue weighted by molar-refractivity contribution is 7.92. The van der Waals surface area contributed by atoms with Gasteiger partial charge in [-0.25, -0.2) is 8.42 Å². The van der Waals surface area contributed by atoms with E-state index in [0.717, 1.165) is 15.4 Å². The highest BCUT2D eigenvalue weighted by Gasteiger charge is 2.28. The van der Waals surface area contributed by atoms with E-state index in [-0.39, 0.29) is 10.6 Å². The van der Waals surface area contributed by atoms with E-state index >= 15 is 0 Å². The molecule has 0 saturated heterocycles. The molecule has 0 heterocycles. The molecule has 0 fully saturated rings. The number of nitrogens with one attached hydrogen (secondary N) is 1. The Balaban J connectivity index is 2.00. The number of rotatable bonds is 8. The molecule has 0 spiro atoms. The molecule has 3 aromatic rings. The van der Waals surface area contributed by atoms with Gasteiger partial charge < -0.3 is 14.8 Å². The van der Waals surface area contributed by atoms with Crippen molar-refractivity contribution >= 4 is 50.5 Å². The first-order chi connectivity index (χ1) is 16.1. The summed E-state index contributed by atoms with van der Waals surface area (Å²) in [7, 11) is -1.21. The summed E-state index contributed by atoms with van der Waals surface area (Å²) in [4.78, 5) is 13.1. The number of halogens is 2. The van der Waals surface area contributed by atoms with E-state index in [1.807, 2.05) is 13.8 Å². The van der Waals surface area contributed by atoms with Gasteiger partial charge in [0.15, 0.2) is 0 Å². The number of aryl methyl sites for hydroxylation is 2. The molecular formula is C24H24Cl2N2O5S. The molecule has 10 heteroatoms. The predicted octanol–water partition coefficient (Wildman–Crippen LogP) is 5.46. The number of methoxy groups -OCH3 is 2. The van der Waals surface area contributed by atoms with Crippen LogP contribution < -0.4 is 19.1 Å². The van der Waals surface area contributed by atoms with Crippen molar-refractivity contribution in [2.75, 3.05) is 30.4 Å². The van der Waals surface area contributed by atoms with Crippen molar-refractivity contribution in [1.29, 1.82) is 0 Å². The Labute approximate surface area is 209 Å². The van der Waals surface area contributed by atoms with Crippen LogP contribution in [0.2, 0.25) is 10.0 Å². The van der Waals surface area contributed by atoms with Crippen molar-refractivity contribution in [3.8, 4) is 11.5 Å². The van der Waals surface area contributed by atoms with Crippen LogP contribution in [-0.2, 0) is 14.8 Å². The SMILES string of the molecule is COc1cc(NC(=O)CN(c2ccc(C)c(C)c2)S(=O)(=O)c2ccc(Cl)cc2)c(OC)cc1Cl. The molecule has 34 heavy (non-hydrogen) atoms. The first-order valence-electron chi connectivity index (χ1n) is 10.1. The summed E-state index contributed by atoms with van der Waals surface area (Å²) in [6, 6.07) is 14.0. The Hall–Kier alpha value is -2.94. The number of nitrogens with zero attached hydrogens (tertiary/aromatic N) is 1. The number of ether oxygens (including phenoxy) is 2. The minimum Gasteiger partial charge on any atom is -0.495 e. The van der Waals surface area contributed by atoms with Gasteiger partial charge in [0.25, 0.3) is 10.0 Å². The number of benzene rings is 3. The average molecular weight is 523 g/mol. The maximum absolute atomic E-state index is 13.5. The highest BCUT2D eigenvalue weighted by atomic mass is 35.5. The summed E-state index contributed by atoms with van der Waals surface area (Å²) < 4.78 is 38.6. The maximum Gasteiger partial charge on any atom is 0.264 e. The molecule has 0 aliphatic rings. The molecule has 1 N–H and O–H groups in total. The van der Waals surface area contributed by atoms with Gasteiger partial charge >= 0.3 is 0 Å². The van der Waals surface area contributed by atoms with E-state index in [1.54, 1.807) is 18.2 Å². The minimum atomic E-state index is -4.09. The fourth-order valence-electron chi connectivity index (χ4n) is 3.21. The lowest BCUT2D eigenvalue weighted by atomic mass is 10.1. The lowest BCUT2D eigenvalue weighted by molar-refractivity contribution is -0.114. The number of carbonyl (C=O) groups excluding carboxylic acids is 1. The predicted molar refractivity (Wildman–Crippen MR) is 135 cm³/mol. The van der Waals surface area contributed by atoms with Crippen LogP contribution in [0.5, 0.6) is 11.5 Å². The molecule has 0 radical (unpaired) electrons. The van der Waals surface area contributed by atoms with Gasteiger partial charge in [-0.15, -0.1) is 0 Å². The normalized spacial score (nSPS) is 11.1. The van der Waals surface area contributed by atoms with Gasteiger partial charge in [0.1, 0.15) is 18.0 Å². The molecule has 0 aliphatic heterocycles. The number of anilines is 2. The van der Waals surface area contributed by atoms with Gasteiger partial charge in [-0.2, -0.15) is 0 Å². The van der Waals surface area contributed by atoms with Crippen molar-refractivity contribution < 1.29 is 22.7 Å². The third kappa shape index (κ3) is 5.58. The van der Waals surface area contributed by atoms with E-state index in [0.29, 0.717) is 27.2 Å². The third-order valence-electron chi connectivity index (χ3n) is 5.22. The van der Waals surface area contributed by atoms with Crippen molar-refractivity contribution in [2.24, 2.45) is 0 Å². The number of amides is 1. The van der Waals surface area contributed by atoms with Crippen molar-refractivity contribution in [2.45, 2.75) is 18.7 Å². The van der Waals surface area contributed by atoms with Gasteiger partial charge in [0.2, 0.25) is 5.91 Å². The third-order valence-corrected chi connectivity index (χ3v) is 7.55. The first-order valence-corrected chi connectivity index (χ1v) is 12.3. The molecule has 0 saturated carbocycles. The fourth-order valence-corrected chi connectivity index (χ4v) is 4.98. The second-order valence-electron chi connectivity index (χ2n) is 7.47. The molecule has 3 rings (SSSR count). The molecule has 0 aromatic heterocycles. The smallest absolute Gasteiger partial charge is 0.264 e. The number of carbonyl (C=O) groups is 1. The molecule has 0 bridgehead atoms. The molecule has 0 aliphatic carbocycles. The monoisotopic (exact) mass is 522 g/mol. The largest absolute Gasteiger partial charge is 0.495 e.